The number of aromatic nitrogens is 1. The minimum absolute atomic E-state index is 0.140. The van der Waals surface area contributed by atoms with Gasteiger partial charge in [-0.1, -0.05) is 0 Å². The van der Waals surface area contributed by atoms with Gasteiger partial charge in [-0.3, -0.25) is 9.59 Å². The van der Waals surface area contributed by atoms with E-state index in [1.165, 1.54) is 11.3 Å². The van der Waals surface area contributed by atoms with Crippen molar-refractivity contribution in [1.29, 1.82) is 0 Å². The molecule has 0 fully saturated rings. The van der Waals surface area contributed by atoms with Gasteiger partial charge in [-0.15, -0.1) is 11.3 Å². The van der Waals surface area contributed by atoms with Gasteiger partial charge in [-0.2, -0.15) is 0 Å². The molecule has 0 saturated carbocycles. The van der Waals surface area contributed by atoms with Crippen molar-refractivity contribution >= 4 is 28.3 Å². The average Bonchev–Trinajstić information content (AvgIpc) is 2.63. The Morgan fingerprint density at radius 3 is 2.88 bits per heavy atom. The van der Waals surface area contributed by atoms with Crippen LogP contribution in [0.2, 0.25) is 0 Å². The number of ether oxygens (including phenoxy) is 1. The summed E-state index contributed by atoms with van der Waals surface area (Å²) in [5.74, 6) is -0.702. The molecule has 0 saturated heterocycles. The highest BCUT2D eigenvalue weighted by molar-refractivity contribution is 7.13. The molecule has 1 rings (SSSR count). The van der Waals surface area contributed by atoms with Gasteiger partial charge in [0.15, 0.2) is 5.13 Å². The van der Waals surface area contributed by atoms with Crippen molar-refractivity contribution in [3.63, 3.8) is 0 Å². The number of carbonyl (C=O) groups is 2. The normalized spacial score (nSPS) is 10.1. The molecule has 1 aromatic heterocycles. The first-order valence-electron chi connectivity index (χ1n) is 4.90. The van der Waals surface area contributed by atoms with Crippen LogP contribution in [0.15, 0.2) is 5.38 Å². The molecular weight excluding hydrogens is 244 g/mol. The lowest BCUT2D eigenvalue weighted by molar-refractivity contribution is -0.122. The van der Waals surface area contributed by atoms with Crippen LogP contribution in [-0.4, -0.2) is 36.6 Å². The molecule has 94 valence electrons. The van der Waals surface area contributed by atoms with Crippen molar-refractivity contribution in [3.8, 4) is 0 Å². The third kappa shape index (κ3) is 5.83. The summed E-state index contributed by atoms with van der Waals surface area (Å²) < 4.78 is 4.88. The fourth-order valence-corrected chi connectivity index (χ4v) is 1.63. The van der Waals surface area contributed by atoms with Crippen LogP contribution in [0.5, 0.6) is 0 Å². The molecule has 0 bridgehead atoms. The molecule has 17 heavy (non-hydrogen) atoms. The van der Waals surface area contributed by atoms with E-state index in [9.17, 15) is 9.59 Å². The number of anilines is 1. The van der Waals surface area contributed by atoms with Gasteiger partial charge in [-0.05, 0) is 0 Å². The van der Waals surface area contributed by atoms with Gasteiger partial charge in [-0.25, -0.2) is 4.98 Å². The van der Waals surface area contributed by atoms with E-state index in [-0.39, 0.29) is 25.5 Å². The second-order valence-corrected chi connectivity index (χ2v) is 4.11. The van der Waals surface area contributed by atoms with Gasteiger partial charge in [0.25, 0.3) is 0 Å². The molecule has 0 atom stereocenters. The lowest BCUT2D eigenvalue weighted by Gasteiger charge is -2.04. The summed E-state index contributed by atoms with van der Waals surface area (Å²) in [6.45, 7) is 0.429. The van der Waals surface area contributed by atoms with Gasteiger partial charge in [0.05, 0.1) is 18.7 Å². The van der Waals surface area contributed by atoms with Gasteiger partial charge in [0.2, 0.25) is 11.8 Å². The number of amides is 2. The number of nitrogens with two attached hydrogens (primary N) is 2. The van der Waals surface area contributed by atoms with Crippen LogP contribution in [-0.2, 0) is 20.7 Å². The minimum Gasteiger partial charge on any atom is -0.375 e. The maximum Gasteiger partial charge on any atom is 0.243 e. The SMILES string of the molecule is NC(=O)COCCNC(=O)Cc1csc(N)n1. The summed E-state index contributed by atoms with van der Waals surface area (Å²) in [5.41, 5.74) is 10.9. The lowest BCUT2D eigenvalue weighted by atomic mass is 10.3. The Kier molecular flexibility index (Phi) is 5.37. The third-order valence-electron chi connectivity index (χ3n) is 1.72. The number of carbonyl (C=O) groups excluding carboxylic acids is 2. The molecule has 5 N–H and O–H groups in total. The van der Waals surface area contributed by atoms with E-state index in [2.05, 4.69) is 10.3 Å². The van der Waals surface area contributed by atoms with E-state index >= 15 is 0 Å². The zero-order valence-electron chi connectivity index (χ0n) is 9.14. The van der Waals surface area contributed by atoms with Crippen molar-refractivity contribution in [2.24, 2.45) is 5.73 Å². The quantitative estimate of drug-likeness (QED) is 0.535. The molecule has 0 unspecified atom stereocenters. The first-order valence-corrected chi connectivity index (χ1v) is 5.78. The van der Waals surface area contributed by atoms with E-state index in [4.69, 9.17) is 16.2 Å². The molecule has 0 aliphatic carbocycles. The average molecular weight is 258 g/mol. The Balaban J connectivity index is 2.11. The number of hydrogen-bond acceptors (Lipinski definition) is 6. The summed E-state index contributed by atoms with van der Waals surface area (Å²) in [7, 11) is 0. The lowest BCUT2D eigenvalue weighted by Crippen LogP contribution is -2.30. The van der Waals surface area contributed by atoms with Crippen molar-refractivity contribution in [2.45, 2.75) is 6.42 Å². The number of thiazole rings is 1. The summed E-state index contributed by atoms with van der Waals surface area (Å²) in [6, 6.07) is 0. The molecule has 1 heterocycles. The number of primary amides is 1. The van der Waals surface area contributed by atoms with Crippen LogP contribution in [0.4, 0.5) is 5.13 Å². The number of nitrogens with zero attached hydrogens (tertiary/aromatic N) is 1. The zero-order chi connectivity index (χ0) is 12.7. The Bertz CT molecular complexity index is 393. The number of nitrogen functional groups attached to an aromatic ring is 1. The maximum absolute atomic E-state index is 11.4. The predicted molar refractivity (Wildman–Crippen MR) is 63.3 cm³/mol. The largest absolute Gasteiger partial charge is 0.375 e. The van der Waals surface area contributed by atoms with Crippen molar-refractivity contribution in [2.75, 3.05) is 25.5 Å². The van der Waals surface area contributed by atoms with E-state index in [0.29, 0.717) is 17.4 Å². The molecule has 0 aromatic carbocycles. The van der Waals surface area contributed by atoms with Crippen molar-refractivity contribution in [3.05, 3.63) is 11.1 Å². The first-order chi connectivity index (χ1) is 8.08. The molecular formula is C9H14N4O3S. The molecule has 0 aliphatic heterocycles. The van der Waals surface area contributed by atoms with Crippen LogP contribution in [0.3, 0.4) is 0 Å². The van der Waals surface area contributed by atoms with E-state index < -0.39 is 5.91 Å². The Hall–Kier alpha value is -1.67. The third-order valence-corrected chi connectivity index (χ3v) is 2.45. The Morgan fingerprint density at radius 1 is 1.53 bits per heavy atom. The second-order valence-electron chi connectivity index (χ2n) is 3.22. The van der Waals surface area contributed by atoms with Crippen LogP contribution >= 0.6 is 11.3 Å². The van der Waals surface area contributed by atoms with E-state index in [0.717, 1.165) is 0 Å². The topological polar surface area (TPSA) is 120 Å². The predicted octanol–water partition coefficient (Wildman–Crippen LogP) is -1.11. The van der Waals surface area contributed by atoms with Gasteiger partial charge in [0, 0.05) is 11.9 Å². The maximum atomic E-state index is 11.4. The molecule has 8 heteroatoms. The fourth-order valence-electron chi connectivity index (χ4n) is 1.07. The smallest absolute Gasteiger partial charge is 0.243 e. The summed E-state index contributed by atoms with van der Waals surface area (Å²) >= 11 is 1.29. The van der Waals surface area contributed by atoms with Crippen molar-refractivity contribution < 1.29 is 14.3 Å². The molecule has 0 radical (unpaired) electrons. The highest BCUT2D eigenvalue weighted by Gasteiger charge is 2.05. The van der Waals surface area contributed by atoms with Gasteiger partial charge < -0.3 is 21.5 Å². The van der Waals surface area contributed by atoms with E-state index in [1.807, 2.05) is 0 Å². The highest BCUT2D eigenvalue weighted by atomic mass is 32.1. The zero-order valence-corrected chi connectivity index (χ0v) is 9.96. The summed E-state index contributed by atoms with van der Waals surface area (Å²) in [4.78, 5) is 25.7. The minimum atomic E-state index is -0.533. The first kappa shape index (κ1) is 13.4. The van der Waals surface area contributed by atoms with Gasteiger partial charge in [0.1, 0.15) is 6.61 Å². The fraction of sp³-hybridized carbons (Fsp3) is 0.444. The molecule has 0 spiro atoms. The highest BCUT2D eigenvalue weighted by Crippen LogP contribution is 2.10. The van der Waals surface area contributed by atoms with Crippen LogP contribution in [0.1, 0.15) is 5.69 Å². The van der Waals surface area contributed by atoms with Gasteiger partial charge >= 0.3 is 0 Å². The summed E-state index contributed by atoms with van der Waals surface area (Å²) in [5, 5.41) is 4.80. The second kappa shape index (κ2) is 6.81. The van der Waals surface area contributed by atoms with E-state index in [1.54, 1.807) is 5.38 Å². The monoisotopic (exact) mass is 258 g/mol. The Labute approximate surface area is 102 Å². The van der Waals surface area contributed by atoms with Crippen LogP contribution in [0.25, 0.3) is 0 Å². The molecule has 0 aliphatic rings. The number of rotatable bonds is 7. The summed E-state index contributed by atoms with van der Waals surface area (Å²) in [6.07, 6.45) is 0.184. The number of nitrogens with one attached hydrogen (secondary N) is 1. The standard InChI is InChI=1S/C9H14N4O3S/c10-7(14)4-16-2-1-12-8(15)3-6-5-17-9(11)13-6/h5H,1-4H2,(H2,10,14)(H2,11,13)(H,12,15). The number of hydrogen-bond donors (Lipinski definition) is 3. The molecule has 1 aromatic rings. The Morgan fingerprint density at radius 2 is 2.29 bits per heavy atom. The molecule has 7 nitrogen and oxygen atoms in total. The van der Waals surface area contributed by atoms with Crippen molar-refractivity contribution in [1.82, 2.24) is 10.3 Å². The van der Waals surface area contributed by atoms with Crippen LogP contribution in [0, 0.1) is 0 Å². The van der Waals surface area contributed by atoms with Crippen LogP contribution < -0.4 is 16.8 Å². The molecule has 2 amide bonds.